The second-order valence-corrected chi connectivity index (χ2v) is 11.0. The van der Waals surface area contributed by atoms with E-state index in [0.29, 0.717) is 22.8 Å². The van der Waals surface area contributed by atoms with E-state index in [1.807, 2.05) is 13.8 Å². The van der Waals surface area contributed by atoms with E-state index in [9.17, 15) is 18.3 Å². The van der Waals surface area contributed by atoms with E-state index < -0.39 is 15.9 Å². The summed E-state index contributed by atoms with van der Waals surface area (Å²) in [4.78, 5) is 17.9. The number of ether oxygens (including phenoxy) is 1. The van der Waals surface area contributed by atoms with E-state index in [1.54, 1.807) is 45.0 Å². The molecule has 0 saturated carbocycles. The molecule has 0 unspecified atom stereocenters. The van der Waals surface area contributed by atoms with E-state index in [0.717, 1.165) is 0 Å². The molecule has 3 aromatic rings. The first-order chi connectivity index (χ1) is 17.0. The van der Waals surface area contributed by atoms with E-state index in [4.69, 9.17) is 4.74 Å². The third-order valence-electron chi connectivity index (χ3n) is 5.65. The van der Waals surface area contributed by atoms with Gasteiger partial charge in [-0.15, -0.1) is 5.10 Å². The van der Waals surface area contributed by atoms with Gasteiger partial charge in [-0.1, -0.05) is 6.07 Å². The van der Waals surface area contributed by atoms with Crippen LogP contribution in [0.2, 0.25) is 0 Å². The molecule has 2 aromatic heterocycles. The van der Waals surface area contributed by atoms with Crippen LogP contribution >= 0.6 is 0 Å². The lowest BCUT2D eigenvalue weighted by Crippen LogP contribution is -2.31. The minimum absolute atomic E-state index is 0.0857. The Morgan fingerprint density at radius 3 is 2.61 bits per heavy atom. The van der Waals surface area contributed by atoms with Gasteiger partial charge in [0.1, 0.15) is 17.3 Å². The molecule has 12 nitrogen and oxygen atoms in total. The maximum atomic E-state index is 13.3. The van der Waals surface area contributed by atoms with Gasteiger partial charge in [0.05, 0.1) is 29.2 Å². The van der Waals surface area contributed by atoms with Gasteiger partial charge in [0.15, 0.2) is 0 Å². The number of benzene rings is 1. The maximum Gasteiger partial charge on any atom is 0.260 e. The number of aliphatic hydroxyl groups excluding tert-OH is 1. The molecule has 1 aromatic carbocycles. The lowest BCUT2D eigenvalue weighted by Gasteiger charge is -2.18. The van der Waals surface area contributed by atoms with E-state index in [2.05, 4.69) is 25.8 Å². The quantitative estimate of drug-likeness (QED) is 0.460. The van der Waals surface area contributed by atoms with Crippen LogP contribution in [-0.4, -0.2) is 67.7 Å². The lowest BCUT2D eigenvalue weighted by molar-refractivity contribution is 0.102. The van der Waals surface area contributed by atoms with Crippen LogP contribution in [0, 0.1) is 0 Å². The first-order valence-corrected chi connectivity index (χ1v) is 13.0. The number of carbonyl (C=O) groups is 1. The van der Waals surface area contributed by atoms with Crippen molar-refractivity contribution in [1.29, 1.82) is 0 Å². The molecule has 0 spiro atoms. The van der Waals surface area contributed by atoms with Crippen molar-refractivity contribution in [3.63, 3.8) is 0 Å². The average Bonchev–Trinajstić information content (AvgIpc) is 3.40. The highest BCUT2D eigenvalue weighted by Crippen LogP contribution is 2.37. The first-order valence-electron chi connectivity index (χ1n) is 11.6. The SMILES string of the molecule is CC(C)Oc1cc2c(cc1C(=O)Nc1cccc(-c3nnnn3[C@H](C)CO)n1)S(=O)(=O)N(C(C)C)C2. The largest absolute Gasteiger partial charge is 0.490 e. The Balaban J connectivity index is 1.69. The Kier molecular flexibility index (Phi) is 7.07. The molecule has 0 fully saturated rings. The van der Waals surface area contributed by atoms with Crippen LogP contribution < -0.4 is 10.1 Å². The Morgan fingerprint density at radius 1 is 1.19 bits per heavy atom. The highest BCUT2D eigenvalue weighted by Gasteiger charge is 2.38. The number of hydrogen-bond acceptors (Lipinski definition) is 9. The standard InChI is InChI=1S/C23H29N7O5S/c1-13(2)29-11-16-9-19(35-14(3)4)17(10-20(16)36(29,33)34)23(32)25-21-8-6-7-18(24-21)22-26-27-28-30(22)15(5)12-31/h6-10,13-15,31H,11-12H2,1-5H3,(H,24,25,32)/t15-/m1/s1. The molecular formula is C23H29N7O5S. The number of carbonyl (C=O) groups excluding carboxylic acids is 1. The molecule has 0 radical (unpaired) electrons. The van der Waals surface area contributed by atoms with Crippen molar-refractivity contribution in [3.05, 3.63) is 41.5 Å². The Hall–Kier alpha value is -3.42. The number of nitrogens with zero attached hydrogens (tertiary/aromatic N) is 6. The van der Waals surface area contributed by atoms with E-state index in [-0.39, 0.29) is 47.6 Å². The van der Waals surface area contributed by atoms with Crippen LogP contribution in [0.4, 0.5) is 5.82 Å². The van der Waals surface area contributed by atoms with Crippen LogP contribution in [0.3, 0.4) is 0 Å². The minimum atomic E-state index is -3.73. The monoisotopic (exact) mass is 515 g/mol. The van der Waals surface area contributed by atoms with Gasteiger partial charge in [0.2, 0.25) is 15.8 Å². The number of amides is 1. The third-order valence-corrected chi connectivity index (χ3v) is 7.76. The molecule has 1 aliphatic heterocycles. The van der Waals surface area contributed by atoms with E-state index in [1.165, 1.54) is 15.1 Å². The molecule has 4 rings (SSSR count). The van der Waals surface area contributed by atoms with Crippen molar-refractivity contribution in [1.82, 2.24) is 29.5 Å². The van der Waals surface area contributed by atoms with Crippen molar-refractivity contribution < 1.29 is 23.1 Å². The normalized spacial score (nSPS) is 15.8. The molecule has 1 aliphatic rings. The average molecular weight is 516 g/mol. The van der Waals surface area contributed by atoms with Gasteiger partial charge >= 0.3 is 0 Å². The van der Waals surface area contributed by atoms with Gasteiger partial charge in [-0.3, -0.25) is 4.79 Å². The van der Waals surface area contributed by atoms with Gasteiger partial charge in [0.25, 0.3) is 5.91 Å². The van der Waals surface area contributed by atoms with Crippen molar-refractivity contribution in [3.8, 4) is 17.3 Å². The molecule has 192 valence electrons. The van der Waals surface area contributed by atoms with Gasteiger partial charge < -0.3 is 15.2 Å². The number of rotatable bonds is 8. The van der Waals surface area contributed by atoms with Gasteiger partial charge in [-0.05, 0) is 74.9 Å². The fourth-order valence-corrected chi connectivity index (χ4v) is 5.72. The van der Waals surface area contributed by atoms with Gasteiger partial charge in [-0.25, -0.2) is 18.1 Å². The number of tetrazole rings is 1. The molecule has 1 amide bonds. The van der Waals surface area contributed by atoms with Crippen LogP contribution in [0.5, 0.6) is 5.75 Å². The maximum absolute atomic E-state index is 13.3. The van der Waals surface area contributed by atoms with Crippen molar-refractivity contribution in [2.75, 3.05) is 11.9 Å². The summed E-state index contributed by atoms with van der Waals surface area (Å²) in [6, 6.07) is 7.35. The second kappa shape index (κ2) is 9.91. The number of aliphatic hydroxyl groups is 1. The van der Waals surface area contributed by atoms with Crippen LogP contribution in [0.1, 0.15) is 56.6 Å². The topological polar surface area (TPSA) is 152 Å². The zero-order valence-electron chi connectivity index (χ0n) is 20.7. The van der Waals surface area contributed by atoms with Crippen LogP contribution in [0.25, 0.3) is 11.5 Å². The molecule has 2 N–H and O–H groups in total. The summed E-state index contributed by atoms with van der Waals surface area (Å²) in [5, 5.41) is 23.7. The van der Waals surface area contributed by atoms with Gasteiger partial charge in [0, 0.05) is 12.6 Å². The number of sulfonamides is 1. The molecular weight excluding hydrogens is 486 g/mol. The summed E-state index contributed by atoms with van der Waals surface area (Å²) in [6.07, 6.45) is -0.234. The highest BCUT2D eigenvalue weighted by atomic mass is 32.2. The number of fused-ring (bicyclic) bond motifs is 1. The molecule has 0 saturated heterocycles. The van der Waals surface area contributed by atoms with Crippen molar-refractivity contribution in [2.45, 2.75) is 64.2 Å². The highest BCUT2D eigenvalue weighted by molar-refractivity contribution is 7.89. The summed E-state index contributed by atoms with van der Waals surface area (Å²) < 4.78 is 34.9. The third kappa shape index (κ3) is 4.81. The number of anilines is 1. The molecule has 36 heavy (non-hydrogen) atoms. The summed E-state index contributed by atoms with van der Waals surface area (Å²) in [7, 11) is -3.73. The Bertz CT molecular complexity index is 1390. The molecule has 3 heterocycles. The Morgan fingerprint density at radius 2 is 1.94 bits per heavy atom. The fourth-order valence-electron chi connectivity index (χ4n) is 3.88. The number of hydrogen-bond donors (Lipinski definition) is 2. The molecule has 13 heteroatoms. The predicted molar refractivity (Wildman–Crippen MR) is 131 cm³/mol. The van der Waals surface area contributed by atoms with Gasteiger partial charge in [-0.2, -0.15) is 4.31 Å². The Labute approximate surface area is 209 Å². The fraction of sp³-hybridized carbons (Fsp3) is 0.435. The zero-order chi connectivity index (χ0) is 26.2. The molecule has 1 atom stereocenters. The molecule has 0 bridgehead atoms. The summed E-state index contributed by atoms with van der Waals surface area (Å²) >= 11 is 0. The lowest BCUT2D eigenvalue weighted by atomic mass is 10.1. The molecule has 0 aliphatic carbocycles. The van der Waals surface area contributed by atoms with E-state index >= 15 is 0 Å². The first kappa shape index (κ1) is 25.7. The van der Waals surface area contributed by atoms with Crippen molar-refractivity contribution >= 4 is 21.7 Å². The zero-order valence-corrected chi connectivity index (χ0v) is 21.5. The van der Waals surface area contributed by atoms with Crippen LogP contribution in [-0.2, 0) is 16.6 Å². The second-order valence-electron chi connectivity index (χ2n) is 9.11. The smallest absolute Gasteiger partial charge is 0.260 e. The summed E-state index contributed by atoms with van der Waals surface area (Å²) in [6.45, 7) is 9.07. The number of aromatic nitrogens is 5. The minimum Gasteiger partial charge on any atom is -0.490 e. The number of pyridine rings is 1. The number of nitrogens with one attached hydrogen (secondary N) is 1. The summed E-state index contributed by atoms with van der Waals surface area (Å²) in [5.74, 6) is 0.263. The summed E-state index contributed by atoms with van der Waals surface area (Å²) in [5.41, 5.74) is 1.06. The van der Waals surface area contributed by atoms with Crippen molar-refractivity contribution in [2.24, 2.45) is 0 Å². The predicted octanol–water partition coefficient (Wildman–Crippen LogP) is 2.24. The van der Waals surface area contributed by atoms with Crippen LogP contribution in [0.15, 0.2) is 35.2 Å².